The summed E-state index contributed by atoms with van der Waals surface area (Å²) < 4.78 is 49.4. The predicted molar refractivity (Wildman–Crippen MR) is 294 cm³/mol. The normalized spacial score (nSPS) is 13.0. The first kappa shape index (κ1) is 42.7. The molecule has 3 heterocycles. The van der Waals surface area contributed by atoms with Gasteiger partial charge in [0.15, 0.2) is 0 Å². The van der Waals surface area contributed by atoms with Crippen molar-refractivity contribution < 1.29 is 31.4 Å². The second kappa shape index (κ2) is 20.7. The van der Waals surface area contributed by atoms with Crippen molar-refractivity contribution >= 4 is 33.0 Å². The number of furan rings is 1. The van der Waals surface area contributed by atoms with Gasteiger partial charge in [-0.25, -0.2) is 0 Å². The van der Waals surface area contributed by atoms with Crippen molar-refractivity contribution in [1.82, 2.24) is 14.5 Å². The Bertz CT molecular complexity index is 3790. The minimum absolute atomic E-state index is 0. The zero-order chi connectivity index (χ0) is 52.8. The molecule has 0 spiro atoms. The van der Waals surface area contributed by atoms with E-state index in [9.17, 15) is 0 Å². The van der Waals surface area contributed by atoms with Gasteiger partial charge in [0, 0.05) is 44.2 Å². The predicted octanol–water partition coefficient (Wildman–Crippen LogP) is 18.1. The molecular weight excluding hydrogens is 1040 g/mol. The van der Waals surface area contributed by atoms with E-state index in [1.807, 2.05) is 63.2 Å². The van der Waals surface area contributed by atoms with Gasteiger partial charge in [-0.15, -0.1) is 47.5 Å². The summed E-state index contributed by atoms with van der Waals surface area (Å²) >= 11 is 0. The van der Waals surface area contributed by atoms with E-state index < -0.39 is 18.6 Å². The van der Waals surface area contributed by atoms with Crippen LogP contribution in [0, 0.1) is 24.4 Å². The van der Waals surface area contributed by atoms with E-state index in [0.29, 0.717) is 22.4 Å². The van der Waals surface area contributed by atoms with Crippen LogP contribution in [0.15, 0.2) is 193 Å². The number of pyridine rings is 1. The topological polar surface area (TPSA) is 43.9 Å². The van der Waals surface area contributed by atoms with Gasteiger partial charge in [-0.1, -0.05) is 199 Å². The zero-order valence-corrected chi connectivity index (χ0v) is 43.5. The molecule has 11 aromatic rings. The average Bonchev–Trinajstić information content (AvgIpc) is 4.06. The SMILES string of the molecule is CC(C)c1cc(-c2ccccc2)cc(C(C)C)c1-n1c(-c2[c-]ccc3c2oc2cc(-c4ccccc4)ccc23)nc2ccccc21.[2H]C([2H])([2H])c1c[c-]c(-c2ccc(C([2H])([2H])C(C)(C)C)cn2)cc1-c1ccccc1.[Ir]. The number of rotatable bonds is 9. The Kier molecular flexibility index (Phi) is 12.4. The summed E-state index contributed by atoms with van der Waals surface area (Å²) in [5, 5.41) is 2.15. The van der Waals surface area contributed by atoms with E-state index in [0.717, 1.165) is 55.5 Å². The molecule has 0 aliphatic rings. The molecule has 0 unspecified atom stereocenters. The molecule has 0 saturated heterocycles. The van der Waals surface area contributed by atoms with Crippen molar-refractivity contribution in [3.63, 3.8) is 0 Å². The fraction of sp³-hybridized carbons (Fsp3) is 0.182. The molecule has 0 saturated carbocycles. The van der Waals surface area contributed by atoms with Gasteiger partial charge in [0.1, 0.15) is 5.58 Å². The maximum absolute atomic E-state index is 8.39. The molecule has 0 atom stereocenters. The monoisotopic (exact) mass is 1110 g/mol. The van der Waals surface area contributed by atoms with Gasteiger partial charge in [-0.05, 0) is 104 Å². The van der Waals surface area contributed by atoms with Gasteiger partial charge in [-0.3, -0.25) is 4.98 Å². The van der Waals surface area contributed by atoms with Crippen LogP contribution in [0.3, 0.4) is 0 Å². The van der Waals surface area contributed by atoms with Crippen LogP contribution in [0.2, 0.25) is 0 Å². The van der Waals surface area contributed by atoms with Crippen molar-refractivity contribution in [3.05, 3.63) is 223 Å². The van der Waals surface area contributed by atoms with Gasteiger partial charge in [0.05, 0.1) is 22.4 Å². The van der Waals surface area contributed by atoms with Crippen molar-refractivity contribution in [2.75, 3.05) is 0 Å². The first-order chi connectivity index (χ1) is 35.9. The fourth-order valence-electron chi connectivity index (χ4n) is 9.31. The summed E-state index contributed by atoms with van der Waals surface area (Å²) in [6, 6.07) is 67.7. The van der Waals surface area contributed by atoms with Crippen molar-refractivity contribution in [1.29, 1.82) is 0 Å². The molecular formula is C66H59IrN3O-2. The van der Waals surface area contributed by atoms with E-state index in [-0.39, 0.29) is 37.5 Å². The maximum atomic E-state index is 8.39. The molecule has 0 aliphatic heterocycles. The molecule has 0 aliphatic carbocycles. The standard InChI is InChI=1S/C43H35N2O.C23H24N.Ir/c1-27(2)36-24-32(30-16-9-6-10-17-30)25-37(28(3)4)41(36)45-39-21-12-11-20-38(39)44-43(45)35-19-13-18-34-33-23-22-31(26-40(33)46-42(34)35)29-14-7-5-8-15-29;1-17-10-12-20(14-21(17)19-8-6-5-7-9-19)22-13-11-18(16-24-22)15-23(2,3)4;/h5-18,20-28H,1-4H3;5-11,13-14,16H,15H2,1-4H3;/q2*-1;/i;1D3,15D2;. The number of hydrogen-bond acceptors (Lipinski definition) is 3. The van der Waals surface area contributed by atoms with Gasteiger partial charge in [0.25, 0.3) is 0 Å². The first-order valence-corrected chi connectivity index (χ1v) is 24.1. The van der Waals surface area contributed by atoms with Crippen LogP contribution >= 0.6 is 0 Å². The largest absolute Gasteiger partial charge is 0.501 e. The Labute approximate surface area is 439 Å². The summed E-state index contributed by atoms with van der Waals surface area (Å²) in [6.45, 7) is 12.5. The van der Waals surface area contributed by atoms with Gasteiger partial charge in [-0.2, -0.15) is 0 Å². The number of para-hydroxylation sites is 2. The van der Waals surface area contributed by atoms with E-state index in [4.69, 9.17) is 16.3 Å². The van der Waals surface area contributed by atoms with Crippen LogP contribution in [0.1, 0.15) is 89.4 Å². The number of aryl methyl sites for hydroxylation is 1. The van der Waals surface area contributed by atoms with Crippen LogP contribution in [0.5, 0.6) is 0 Å². The molecule has 355 valence electrons. The van der Waals surface area contributed by atoms with Crippen molar-refractivity contribution in [2.45, 2.75) is 73.5 Å². The van der Waals surface area contributed by atoms with Gasteiger partial charge in [0.2, 0.25) is 0 Å². The van der Waals surface area contributed by atoms with Crippen LogP contribution < -0.4 is 0 Å². The third-order valence-corrected chi connectivity index (χ3v) is 12.7. The fourth-order valence-corrected chi connectivity index (χ4v) is 9.31. The minimum atomic E-state index is -2.25. The van der Waals surface area contributed by atoms with E-state index >= 15 is 0 Å². The number of benzene rings is 8. The molecule has 3 aromatic heterocycles. The summed E-state index contributed by atoms with van der Waals surface area (Å²) in [4.78, 5) is 9.74. The summed E-state index contributed by atoms with van der Waals surface area (Å²) in [5.74, 6) is 1.41. The summed E-state index contributed by atoms with van der Waals surface area (Å²) in [5.41, 5.74) is 16.0. The quantitative estimate of drug-likeness (QED) is 0.135. The Hall–Kier alpha value is -7.17. The Morgan fingerprint density at radius 1 is 0.648 bits per heavy atom. The van der Waals surface area contributed by atoms with Crippen LogP contribution in [0.25, 0.3) is 94.7 Å². The molecule has 1 radical (unpaired) electrons. The molecule has 0 N–H and O–H groups in total. The van der Waals surface area contributed by atoms with Gasteiger partial charge >= 0.3 is 0 Å². The maximum Gasteiger partial charge on any atom is 0.121 e. The third kappa shape index (κ3) is 10.2. The second-order valence-electron chi connectivity index (χ2n) is 19.6. The third-order valence-electron chi connectivity index (χ3n) is 12.7. The van der Waals surface area contributed by atoms with Crippen molar-refractivity contribution in [2.24, 2.45) is 5.41 Å². The van der Waals surface area contributed by atoms with Crippen LogP contribution in [0.4, 0.5) is 0 Å². The molecule has 0 amide bonds. The number of aromatic nitrogens is 3. The summed E-state index contributed by atoms with van der Waals surface area (Å²) in [6.07, 6.45) is 0.0246. The minimum Gasteiger partial charge on any atom is -0.501 e. The first-order valence-electron chi connectivity index (χ1n) is 26.6. The summed E-state index contributed by atoms with van der Waals surface area (Å²) in [7, 11) is 0. The number of hydrogen-bond donors (Lipinski definition) is 0. The molecule has 5 heteroatoms. The Morgan fingerprint density at radius 3 is 1.90 bits per heavy atom. The zero-order valence-electron chi connectivity index (χ0n) is 46.1. The molecule has 11 rings (SSSR count). The molecule has 71 heavy (non-hydrogen) atoms. The molecule has 4 nitrogen and oxygen atoms in total. The molecule has 0 fully saturated rings. The molecule has 8 aromatic carbocycles. The second-order valence-corrected chi connectivity index (χ2v) is 19.6. The van der Waals surface area contributed by atoms with E-state index in [2.05, 4.69) is 165 Å². The van der Waals surface area contributed by atoms with E-state index in [1.165, 1.54) is 39.6 Å². The van der Waals surface area contributed by atoms with Crippen molar-refractivity contribution in [3.8, 4) is 61.7 Å². The Balaban J connectivity index is 0.000000204. The molecule has 0 bridgehead atoms. The Morgan fingerprint density at radius 2 is 1.28 bits per heavy atom. The number of nitrogens with zero attached hydrogens (tertiary/aromatic N) is 3. The van der Waals surface area contributed by atoms with Crippen LogP contribution in [-0.4, -0.2) is 14.5 Å². The smallest absolute Gasteiger partial charge is 0.121 e. The van der Waals surface area contributed by atoms with Crippen LogP contribution in [-0.2, 0) is 26.5 Å². The average molecular weight is 1110 g/mol. The van der Waals surface area contributed by atoms with E-state index in [1.54, 1.807) is 24.4 Å². The number of imidazole rings is 1. The number of fused-ring (bicyclic) bond motifs is 4. The van der Waals surface area contributed by atoms with Gasteiger partial charge < -0.3 is 14.0 Å².